The fourth-order valence-corrected chi connectivity index (χ4v) is 3.96. The number of benzene rings is 1. The molecule has 130 valence electrons. The van der Waals surface area contributed by atoms with E-state index in [4.69, 9.17) is 0 Å². The molecule has 1 aromatic carbocycles. The number of carbonyl (C=O) groups is 1. The van der Waals surface area contributed by atoms with Crippen molar-refractivity contribution in [2.45, 2.75) is 37.8 Å². The van der Waals surface area contributed by atoms with Crippen molar-refractivity contribution in [3.05, 3.63) is 47.5 Å². The lowest BCUT2D eigenvalue weighted by Crippen LogP contribution is -2.47. The van der Waals surface area contributed by atoms with Crippen molar-refractivity contribution in [3.8, 4) is 0 Å². The maximum Gasteiger partial charge on any atom is 0.244 e. The summed E-state index contributed by atoms with van der Waals surface area (Å²) in [6, 6.07) is 9.11. The van der Waals surface area contributed by atoms with Gasteiger partial charge in [-0.2, -0.15) is 0 Å². The normalized spacial score (nSPS) is 24.5. The quantitative estimate of drug-likeness (QED) is 0.844. The number of likely N-dealkylation sites (N-methyl/N-ethyl adjacent to an activating group) is 1. The zero-order chi connectivity index (χ0) is 16.9. The highest BCUT2D eigenvalue weighted by Gasteiger charge is 2.35. The van der Waals surface area contributed by atoms with Crippen LogP contribution in [0.4, 0.5) is 0 Å². The zero-order valence-corrected chi connectivity index (χ0v) is 14.9. The summed E-state index contributed by atoms with van der Waals surface area (Å²) in [7, 11) is 4.01. The molecule has 1 heterocycles. The Morgan fingerprint density at radius 3 is 2.79 bits per heavy atom. The second-order valence-corrected chi connectivity index (χ2v) is 7.20. The minimum Gasteiger partial charge on any atom is -0.344 e. The number of fused-ring (bicyclic) bond motifs is 1. The third kappa shape index (κ3) is 4.05. The lowest BCUT2D eigenvalue weighted by molar-refractivity contribution is -0.117. The largest absolute Gasteiger partial charge is 0.344 e. The van der Waals surface area contributed by atoms with Crippen LogP contribution in [0.1, 0.15) is 36.4 Å². The van der Waals surface area contributed by atoms with Crippen LogP contribution in [0, 0.1) is 0 Å². The molecule has 24 heavy (non-hydrogen) atoms. The molecule has 1 saturated heterocycles. The zero-order valence-electron chi connectivity index (χ0n) is 14.9. The first kappa shape index (κ1) is 17.2. The number of carbonyl (C=O) groups excluding carboxylic acids is 1. The van der Waals surface area contributed by atoms with Gasteiger partial charge in [0, 0.05) is 18.7 Å². The lowest BCUT2D eigenvalue weighted by atomic mass is 9.83. The van der Waals surface area contributed by atoms with E-state index in [-0.39, 0.29) is 11.9 Å². The minimum absolute atomic E-state index is 0.0164. The van der Waals surface area contributed by atoms with Gasteiger partial charge in [0.25, 0.3) is 0 Å². The second-order valence-electron chi connectivity index (χ2n) is 7.20. The maximum absolute atomic E-state index is 12.4. The van der Waals surface area contributed by atoms with Gasteiger partial charge >= 0.3 is 0 Å². The Morgan fingerprint density at radius 2 is 2.04 bits per heavy atom. The van der Waals surface area contributed by atoms with E-state index < -0.39 is 0 Å². The fraction of sp³-hybridized carbons (Fsp3) is 0.550. The molecule has 1 amide bonds. The summed E-state index contributed by atoms with van der Waals surface area (Å²) in [6.07, 6.45) is 8.40. The van der Waals surface area contributed by atoms with Crippen LogP contribution in [0.25, 0.3) is 0 Å². The monoisotopic (exact) mass is 327 g/mol. The van der Waals surface area contributed by atoms with Gasteiger partial charge in [-0.15, -0.1) is 0 Å². The van der Waals surface area contributed by atoms with Crippen molar-refractivity contribution >= 4 is 5.91 Å². The Bertz CT molecular complexity index is 590. The summed E-state index contributed by atoms with van der Waals surface area (Å²) in [5.41, 5.74) is 2.69. The van der Waals surface area contributed by atoms with Crippen LogP contribution in [-0.2, 0) is 11.2 Å². The van der Waals surface area contributed by atoms with Crippen molar-refractivity contribution in [1.29, 1.82) is 0 Å². The molecule has 2 aliphatic rings. The third-order valence-electron chi connectivity index (χ3n) is 5.13. The SMILES string of the molecule is CN(C)C/C=C/C(=O)NC1c2ccccc2CCC1N1CCCC1. The highest BCUT2D eigenvalue weighted by molar-refractivity contribution is 5.88. The van der Waals surface area contributed by atoms with E-state index in [9.17, 15) is 4.79 Å². The molecular weight excluding hydrogens is 298 g/mol. The fourth-order valence-electron chi connectivity index (χ4n) is 3.96. The first-order valence-electron chi connectivity index (χ1n) is 9.09. The van der Waals surface area contributed by atoms with Crippen molar-refractivity contribution in [2.75, 3.05) is 33.7 Å². The highest BCUT2D eigenvalue weighted by atomic mass is 16.1. The Hall–Kier alpha value is -1.65. The van der Waals surface area contributed by atoms with Crippen molar-refractivity contribution in [3.63, 3.8) is 0 Å². The van der Waals surface area contributed by atoms with Gasteiger partial charge in [0.2, 0.25) is 5.91 Å². The average Bonchev–Trinajstić information content (AvgIpc) is 3.09. The Labute approximate surface area is 145 Å². The van der Waals surface area contributed by atoms with Crippen LogP contribution >= 0.6 is 0 Å². The number of nitrogens with one attached hydrogen (secondary N) is 1. The summed E-state index contributed by atoms with van der Waals surface area (Å²) in [6.45, 7) is 3.11. The van der Waals surface area contributed by atoms with Gasteiger partial charge in [-0.05, 0) is 64.0 Å². The van der Waals surface area contributed by atoms with E-state index in [0.29, 0.717) is 6.04 Å². The molecule has 4 heteroatoms. The van der Waals surface area contributed by atoms with Crippen molar-refractivity contribution in [2.24, 2.45) is 0 Å². The molecule has 0 radical (unpaired) electrons. The van der Waals surface area contributed by atoms with Crippen molar-refractivity contribution in [1.82, 2.24) is 15.1 Å². The predicted molar refractivity (Wildman–Crippen MR) is 97.9 cm³/mol. The maximum atomic E-state index is 12.4. The highest BCUT2D eigenvalue weighted by Crippen LogP contribution is 2.34. The number of likely N-dealkylation sites (tertiary alicyclic amines) is 1. The van der Waals surface area contributed by atoms with Gasteiger partial charge in [-0.3, -0.25) is 9.69 Å². The predicted octanol–water partition coefficient (Wildman–Crippen LogP) is 2.37. The number of hydrogen-bond donors (Lipinski definition) is 1. The van der Waals surface area contributed by atoms with Crippen LogP contribution < -0.4 is 5.32 Å². The van der Waals surface area contributed by atoms with Crippen LogP contribution in [-0.4, -0.2) is 55.5 Å². The molecular formula is C20H29N3O. The first-order chi connectivity index (χ1) is 11.6. The van der Waals surface area contributed by atoms with Gasteiger partial charge in [0.15, 0.2) is 0 Å². The number of hydrogen-bond acceptors (Lipinski definition) is 3. The molecule has 4 nitrogen and oxygen atoms in total. The van der Waals surface area contributed by atoms with Gasteiger partial charge in [-0.1, -0.05) is 30.3 Å². The summed E-state index contributed by atoms with van der Waals surface area (Å²) < 4.78 is 0. The van der Waals surface area contributed by atoms with Crippen LogP contribution in [0.5, 0.6) is 0 Å². The number of aryl methyl sites for hydroxylation is 1. The topological polar surface area (TPSA) is 35.6 Å². The number of amides is 1. The summed E-state index contributed by atoms with van der Waals surface area (Å²) >= 11 is 0. The molecule has 1 N–H and O–H groups in total. The molecule has 0 bridgehead atoms. The van der Waals surface area contributed by atoms with E-state index in [0.717, 1.165) is 32.5 Å². The van der Waals surface area contributed by atoms with E-state index in [1.165, 1.54) is 24.0 Å². The first-order valence-corrected chi connectivity index (χ1v) is 9.09. The standard InChI is InChI=1S/C20H29N3O/c1-22(2)13-7-10-19(24)21-20-17-9-4-3-8-16(17)11-12-18(20)23-14-5-6-15-23/h3-4,7-10,18,20H,5-6,11-15H2,1-2H3,(H,21,24)/b10-7+. The average molecular weight is 327 g/mol. The molecule has 0 saturated carbocycles. The molecule has 1 aliphatic carbocycles. The van der Waals surface area contributed by atoms with Crippen molar-refractivity contribution < 1.29 is 4.79 Å². The van der Waals surface area contributed by atoms with Crippen LogP contribution in [0.2, 0.25) is 0 Å². The Kier molecular flexibility index (Phi) is 5.69. The van der Waals surface area contributed by atoms with Gasteiger partial charge < -0.3 is 10.2 Å². The van der Waals surface area contributed by atoms with Crippen LogP contribution in [0.15, 0.2) is 36.4 Å². The van der Waals surface area contributed by atoms with E-state index in [2.05, 4.69) is 34.5 Å². The number of nitrogens with zero attached hydrogens (tertiary/aromatic N) is 2. The van der Waals surface area contributed by atoms with Gasteiger partial charge in [0.1, 0.15) is 0 Å². The smallest absolute Gasteiger partial charge is 0.244 e. The summed E-state index contributed by atoms with van der Waals surface area (Å²) in [5.74, 6) is 0.0164. The molecule has 1 aliphatic heterocycles. The summed E-state index contributed by atoms with van der Waals surface area (Å²) in [4.78, 5) is 17.1. The van der Waals surface area contributed by atoms with E-state index in [1.54, 1.807) is 6.08 Å². The molecule has 0 spiro atoms. The molecule has 1 aromatic rings. The minimum atomic E-state index is 0.0164. The summed E-state index contributed by atoms with van der Waals surface area (Å²) in [5, 5.41) is 3.29. The Morgan fingerprint density at radius 1 is 1.29 bits per heavy atom. The van der Waals surface area contributed by atoms with Gasteiger partial charge in [-0.25, -0.2) is 0 Å². The second kappa shape index (κ2) is 7.95. The molecule has 3 rings (SSSR count). The van der Waals surface area contributed by atoms with Crippen LogP contribution in [0.3, 0.4) is 0 Å². The Balaban J connectivity index is 1.76. The van der Waals surface area contributed by atoms with E-state index >= 15 is 0 Å². The third-order valence-corrected chi connectivity index (χ3v) is 5.13. The van der Waals surface area contributed by atoms with Gasteiger partial charge in [0.05, 0.1) is 6.04 Å². The molecule has 2 atom stereocenters. The van der Waals surface area contributed by atoms with E-state index in [1.807, 2.05) is 25.1 Å². The molecule has 1 fully saturated rings. The number of rotatable bonds is 5. The molecule has 2 unspecified atom stereocenters. The molecule has 0 aromatic heterocycles. The lowest BCUT2D eigenvalue weighted by Gasteiger charge is -2.39.